The molecule has 0 amide bonds. The second kappa shape index (κ2) is 16.0. The van der Waals surface area contributed by atoms with E-state index in [0.717, 1.165) is 23.1 Å². The van der Waals surface area contributed by atoms with Gasteiger partial charge in [-0.2, -0.15) is 0 Å². The minimum absolute atomic E-state index is 0.0674. The molecule has 4 nitrogen and oxygen atoms in total. The van der Waals surface area contributed by atoms with Crippen LogP contribution in [0, 0.1) is 5.41 Å². The Morgan fingerprint density at radius 3 is 1.71 bits per heavy atom. The van der Waals surface area contributed by atoms with Crippen molar-refractivity contribution < 1.29 is 13.9 Å². The average molecular weight is 572 g/mol. The summed E-state index contributed by atoms with van der Waals surface area (Å²) >= 11 is 0. The molecule has 0 radical (unpaired) electrons. The van der Waals surface area contributed by atoms with Crippen LogP contribution in [0.5, 0.6) is 0 Å². The minimum Gasteiger partial charge on any atom is -0.414 e. The molecule has 5 heteroatoms. The van der Waals surface area contributed by atoms with Crippen LogP contribution in [0.3, 0.4) is 0 Å². The van der Waals surface area contributed by atoms with Gasteiger partial charge in [0.1, 0.15) is 0 Å². The lowest BCUT2D eigenvalue weighted by molar-refractivity contribution is -0.0278. The molecular weight excluding hydrogens is 522 g/mol. The Kier molecular flexibility index (Phi) is 12.7. The summed E-state index contributed by atoms with van der Waals surface area (Å²) in [7, 11) is -1.92. The van der Waals surface area contributed by atoms with Gasteiger partial charge in [0.05, 0.1) is 39.1 Å². The predicted octanol–water partition coefficient (Wildman–Crippen LogP) is 9.21. The molecule has 3 aromatic rings. The fourth-order valence-electron chi connectivity index (χ4n) is 4.36. The van der Waals surface area contributed by atoms with Gasteiger partial charge >= 0.3 is 0 Å². The highest BCUT2D eigenvalue weighted by molar-refractivity contribution is 6.74. The van der Waals surface area contributed by atoms with Crippen molar-refractivity contribution in [3.63, 3.8) is 0 Å². The molecular formula is C36H49NO3Si. The first-order valence-electron chi connectivity index (χ1n) is 14.7. The third-order valence-electron chi connectivity index (χ3n) is 8.02. The van der Waals surface area contributed by atoms with Gasteiger partial charge in [0, 0.05) is 11.6 Å². The molecule has 0 saturated heterocycles. The Morgan fingerprint density at radius 2 is 1.24 bits per heavy atom. The van der Waals surface area contributed by atoms with E-state index in [1.165, 1.54) is 0 Å². The van der Waals surface area contributed by atoms with E-state index in [-0.39, 0.29) is 16.5 Å². The Hall–Kier alpha value is -2.83. The van der Waals surface area contributed by atoms with E-state index in [1.54, 1.807) is 0 Å². The SMILES string of the molecule is C=CCC(CC=N[C@@H](CO[Si](C)(C)C(C)(C)C)c1ccccc1)(COCc1ccccc1)COCc1ccccc1. The quantitative estimate of drug-likeness (QED) is 0.0921. The van der Waals surface area contributed by atoms with Gasteiger partial charge in [0.2, 0.25) is 0 Å². The zero-order valence-corrected chi connectivity index (χ0v) is 26.7. The molecule has 0 unspecified atom stereocenters. The van der Waals surface area contributed by atoms with E-state index >= 15 is 0 Å². The molecule has 0 saturated carbocycles. The molecule has 0 aliphatic rings. The molecule has 0 fully saturated rings. The van der Waals surface area contributed by atoms with Crippen molar-refractivity contribution in [3.8, 4) is 0 Å². The van der Waals surface area contributed by atoms with Crippen molar-refractivity contribution in [1.29, 1.82) is 0 Å². The smallest absolute Gasteiger partial charge is 0.192 e. The standard InChI is InChI=1S/C36H49NO3Si/c1-7-23-36(29-38-26-31-17-11-8-12-18-31,30-39-27-32-19-13-9-14-20-32)24-25-37-34(33-21-15-10-16-22-33)28-40-41(5,6)35(2,3)4/h7-22,25,34H,1,23-24,26-30H2,2-6H3/t34-/m0/s1. The number of rotatable bonds is 17. The second-order valence-corrected chi connectivity index (χ2v) is 17.3. The van der Waals surface area contributed by atoms with E-state index in [2.05, 4.69) is 95.2 Å². The van der Waals surface area contributed by atoms with Crippen LogP contribution < -0.4 is 0 Å². The number of aliphatic imine (C=N–C) groups is 1. The van der Waals surface area contributed by atoms with E-state index in [1.807, 2.05) is 48.5 Å². The van der Waals surface area contributed by atoms with Gasteiger partial charge in [-0.1, -0.05) is 118 Å². The summed E-state index contributed by atoms with van der Waals surface area (Å²) in [4.78, 5) is 5.11. The van der Waals surface area contributed by atoms with Crippen molar-refractivity contribution in [2.24, 2.45) is 10.4 Å². The van der Waals surface area contributed by atoms with E-state index < -0.39 is 8.32 Å². The number of allylic oxidation sites excluding steroid dienone is 1. The van der Waals surface area contributed by atoms with Gasteiger partial charge in [0.15, 0.2) is 8.32 Å². The normalized spacial score (nSPS) is 13.4. The maximum Gasteiger partial charge on any atom is 0.192 e. The number of ether oxygens (including phenoxy) is 2. The summed E-state index contributed by atoms with van der Waals surface area (Å²) in [6.07, 6.45) is 5.51. The number of benzene rings is 3. The molecule has 0 spiro atoms. The van der Waals surface area contributed by atoms with Gasteiger partial charge in [-0.3, -0.25) is 4.99 Å². The maximum absolute atomic E-state index is 6.63. The zero-order chi connectivity index (χ0) is 29.6. The summed E-state index contributed by atoms with van der Waals surface area (Å²) in [6.45, 7) is 18.3. The lowest BCUT2D eigenvalue weighted by atomic mass is 9.83. The predicted molar refractivity (Wildman–Crippen MR) is 175 cm³/mol. The van der Waals surface area contributed by atoms with Gasteiger partial charge in [-0.15, -0.1) is 6.58 Å². The lowest BCUT2D eigenvalue weighted by Crippen LogP contribution is -2.41. The first kappa shape index (κ1) is 32.7. The van der Waals surface area contributed by atoms with Crippen molar-refractivity contribution in [1.82, 2.24) is 0 Å². The first-order valence-corrected chi connectivity index (χ1v) is 17.6. The van der Waals surface area contributed by atoms with Gasteiger partial charge < -0.3 is 13.9 Å². The first-order chi connectivity index (χ1) is 19.6. The fraction of sp³-hybridized carbons (Fsp3) is 0.417. The van der Waals surface area contributed by atoms with Crippen LogP contribution in [0.2, 0.25) is 18.1 Å². The molecule has 3 rings (SSSR count). The number of nitrogens with zero attached hydrogens (tertiary/aromatic N) is 1. The third kappa shape index (κ3) is 10.8. The van der Waals surface area contributed by atoms with Crippen molar-refractivity contribution in [2.45, 2.75) is 71.0 Å². The van der Waals surface area contributed by atoms with Gasteiger partial charge in [0.25, 0.3) is 0 Å². The highest BCUT2D eigenvalue weighted by Crippen LogP contribution is 2.37. The Bertz CT molecular complexity index is 1130. The Balaban J connectivity index is 1.77. The van der Waals surface area contributed by atoms with E-state index in [4.69, 9.17) is 18.9 Å². The monoisotopic (exact) mass is 571 g/mol. The molecule has 0 N–H and O–H groups in total. The Labute approximate surface area is 249 Å². The number of hydrogen-bond acceptors (Lipinski definition) is 4. The molecule has 0 heterocycles. The van der Waals surface area contributed by atoms with Crippen molar-refractivity contribution >= 4 is 14.5 Å². The van der Waals surface area contributed by atoms with E-state index in [9.17, 15) is 0 Å². The van der Waals surface area contributed by atoms with Crippen LogP contribution in [0.25, 0.3) is 0 Å². The number of hydrogen-bond donors (Lipinski definition) is 0. The molecule has 220 valence electrons. The molecule has 3 aromatic carbocycles. The Morgan fingerprint density at radius 1 is 0.756 bits per heavy atom. The average Bonchev–Trinajstić information content (AvgIpc) is 2.96. The van der Waals surface area contributed by atoms with Crippen LogP contribution in [0.15, 0.2) is 109 Å². The topological polar surface area (TPSA) is 40.0 Å². The van der Waals surface area contributed by atoms with Crippen LogP contribution in [0.4, 0.5) is 0 Å². The molecule has 0 aliphatic carbocycles. The fourth-order valence-corrected chi connectivity index (χ4v) is 5.37. The summed E-state index contributed by atoms with van der Waals surface area (Å²) in [6, 6.07) is 31.0. The molecule has 0 aliphatic heterocycles. The highest BCUT2D eigenvalue weighted by Gasteiger charge is 2.37. The van der Waals surface area contributed by atoms with Crippen molar-refractivity contribution in [2.75, 3.05) is 19.8 Å². The molecule has 1 atom stereocenters. The molecule has 0 aromatic heterocycles. The summed E-state index contributed by atoms with van der Waals surface area (Å²) in [5.41, 5.74) is 3.20. The third-order valence-corrected chi connectivity index (χ3v) is 12.5. The van der Waals surface area contributed by atoms with Gasteiger partial charge in [-0.05, 0) is 47.7 Å². The molecule has 0 bridgehead atoms. The largest absolute Gasteiger partial charge is 0.414 e. The van der Waals surface area contributed by atoms with Crippen LogP contribution in [-0.2, 0) is 27.1 Å². The van der Waals surface area contributed by atoms with Crippen molar-refractivity contribution in [3.05, 3.63) is 120 Å². The zero-order valence-electron chi connectivity index (χ0n) is 25.7. The van der Waals surface area contributed by atoms with Crippen LogP contribution >= 0.6 is 0 Å². The lowest BCUT2D eigenvalue weighted by Gasteiger charge is -2.37. The summed E-state index contributed by atoms with van der Waals surface area (Å²) < 4.78 is 19.2. The molecule has 41 heavy (non-hydrogen) atoms. The van der Waals surface area contributed by atoms with Gasteiger partial charge in [-0.25, -0.2) is 0 Å². The summed E-state index contributed by atoms with van der Waals surface area (Å²) in [5, 5.41) is 0.142. The maximum atomic E-state index is 6.63. The second-order valence-electron chi connectivity index (χ2n) is 12.5. The summed E-state index contributed by atoms with van der Waals surface area (Å²) in [5.74, 6) is 0. The van der Waals surface area contributed by atoms with Crippen LogP contribution in [0.1, 0.15) is 56.3 Å². The van der Waals surface area contributed by atoms with Crippen LogP contribution in [-0.4, -0.2) is 34.4 Å². The van der Waals surface area contributed by atoms with E-state index in [0.29, 0.717) is 39.5 Å². The highest BCUT2D eigenvalue weighted by atomic mass is 28.4. The minimum atomic E-state index is -1.92.